The van der Waals surface area contributed by atoms with Gasteiger partial charge < -0.3 is 0 Å². The average molecular weight is 277 g/mol. The predicted molar refractivity (Wildman–Crippen MR) is 94.8 cm³/mol. The van der Waals surface area contributed by atoms with E-state index in [0.29, 0.717) is 0 Å². The molecule has 0 saturated carbocycles. The first-order chi connectivity index (χ1) is 10.2. The molecule has 1 nitrogen and oxygen atoms in total. The third-order valence-corrected chi connectivity index (χ3v) is 2.91. The number of aryl methyl sites for hydroxylation is 1. The van der Waals surface area contributed by atoms with Gasteiger partial charge in [-0.25, -0.2) is 0 Å². The molecule has 1 aromatic carbocycles. The molecule has 0 unspecified atom stereocenters. The third kappa shape index (κ3) is 6.53. The topological polar surface area (TPSA) is 12.4 Å². The highest BCUT2D eigenvalue weighted by atomic mass is 14.7. The fraction of sp³-hybridized carbons (Fsp3) is 0.150. The van der Waals surface area contributed by atoms with Crippen LogP contribution in [0.5, 0.6) is 0 Å². The second-order valence-corrected chi connectivity index (χ2v) is 4.71. The molecule has 0 aliphatic rings. The van der Waals surface area contributed by atoms with Crippen molar-refractivity contribution in [2.24, 2.45) is 4.99 Å². The number of aliphatic imine (C=N–C) groups is 1. The molecule has 0 spiro atoms. The fourth-order valence-corrected chi connectivity index (χ4v) is 1.77. The molecule has 0 amide bonds. The number of benzene rings is 1. The maximum atomic E-state index is 4.69. The zero-order valence-corrected chi connectivity index (χ0v) is 12.9. The van der Waals surface area contributed by atoms with Crippen molar-refractivity contribution in [1.82, 2.24) is 0 Å². The predicted octanol–water partition coefficient (Wildman–Crippen LogP) is 5.56. The Labute approximate surface area is 128 Å². The van der Waals surface area contributed by atoms with E-state index in [2.05, 4.69) is 50.4 Å². The van der Waals surface area contributed by atoms with Crippen LogP contribution in [0.4, 0.5) is 0 Å². The van der Waals surface area contributed by atoms with Crippen LogP contribution in [-0.4, -0.2) is 5.71 Å². The standard InChI is InChI=1S/C20H23N/c1-5-7-8-9-10-12-20(11-6-2)21-18(4)19-15-13-17(3)14-16-19/h5-11,13-16H,1-2,12H2,3-4H3/b8-7-,10-9-,20-11-,21-18?. The van der Waals surface area contributed by atoms with Gasteiger partial charge in [0.25, 0.3) is 0 Å². The van der Waals surface area contributed by atoms with E-state index in [4.69, 9.17) is 4.99 Å². The van der Waals surface area contributed by atoms with Gasteiger partial charge in [0, 0.05) is 17.8 Å². The summed E-state index contributed by atoms with van der Waals surface area (Å²) in [5.74, 6) is 0. The van der Waals surface area contributed by atoms with Crippen LogP contribution >= 0.6 is 0 Å². The molecule has 0 radical (unpaired) electrons. The Balaban J connectivity index is 2.83. The van der Waals surface area contributed by atoms with Crippen molar-refractivity contribution in [3.63, 3.8) is 0 Å². The minimum absolute atomic E-state index is 0.775. The molecular formula is C20H23N. The van der Waals surface area contributed by atoms with Crippen molar-refractivity contribution in [3.05, 3.63) is 96.8 Å². The van der Waals surface area contributed by atoms with Gasteiger partial charge in [-0.15, -0.1) is 0 Å². The van der Waals surface area contributed by atoms with Gasteiger partial charge in [0.05, 0.1) is 0 Å². The highest BCUT2D eigenvalue weighted by molar-refractivity contribution is 5.99. The molecule has 1 rings (SSSR count). The number of allylic oxidation sites excluding steroid dienone is 7. The Morgan fingerprint density at radius 1 is 1.05 bits per heavy atom. The van der Waals surface area contributed by atoms with Crippen LogP contribution in [-0.2, 0) is 0 Å². The number of rotatable bonds is 7. The van der Waals surface area contributed by atoms with E-state index >= 15 is 0 Å². The van der Waals surface area contributed by atoms with Crippen LogP contribution in [0.15, 0.2) is 90.6 Å². The molecule has 0 bridgehead atoms. The zero-order chi connectivity index (χ0) is 15.5. The van der Waals surface area contributed by atoms with E-state index in [9.17, 15) is 0 Å². The van der Waals surface area contributed by atoms with E-state index < -0.39 is 0 Å². The lowest BCUT2D eigenvalue weighted by Gasteiger charge is -2.03. The molecule has 0 atom stereocenters. The molecule has 0 N–H and O–H groups in total. The van der Waals surface area contributed by atoms with Crippen molar-refractivity contribution >= 4 is 5.71 Å². The number of nitrogens with zero attached hydrogens (tertiary/aromatic N) is 1. The Morgan fingerprint density at radius 3 is 2.38 bits per heavy atom. The molecule has 0 aromatic heterocycles. The van der Waals surface area contributed by atoms with Crippen molar-refractivity contribution in [1.29, 1.82) is 0 Å². The summed E-state index contributed by atoms with van der Waals surface area (Å²) >= 11 is 0. The summed E-state index contributed by atoms with van der Waals surface area (Å²) in [5.41, 5.74) is 4.40. The molecular weight excluding hydrogens is 254 g/mol. The quantitative estimate of drug-likeness (QED) is 0.457. The van der Waals surface area contributed by atoms with Crippen molar-refractivity contribution < 1.29 is 0 Å². The van der Waals surface area contributed by atoms with E-state index in [1.54, 1.807) is 12.2 Å². The monoisotopic (exact) mass is 277 g/mol. The van der Waals surface area contributed by atoms with Gasteiger partial charge in [-0.1, -0.05) is 79.4 Å². The van der Waals surface area contributed by atoms with Gasteiger partial charge >= 0.3 is 0 Å². The van der Waals surface area contributed by atoms with Gasteiger partial charge in [0.2, 0.25) is 0 Å². The molecule has 1 heteroatoms. The number of hydrogen-bond acceptors (Lipinski definition) is 1. The Hall–Kier alpha value is -2.41. The Bertz CT molecular complexity index is 581. The highest BCUT2D eigenvalue weighted by Crippen LogP contribution is 2.10. The lowest BCUT2D eigenvalue weighted by molar-refractivity contribution is 1.16. The van der Waals surface area contributed by atoms with Gasteiger partial charge in [-0.2, -0.15) is 0 Å². The first-order valence-corrected chi connectivity index (χ1v) is 7.05. The van der Waals surface area contributed by atoms with Gasteiger partial charge in [0.15, 0.2) is 0 Å². The van der Waals surface area contributed by atoms with E-state index in [-0.39, 0.29) is 0 Å². The Morgan fingerprint density at radius 2 is 1.76 bits per heavy atom. The average Bonchev–Trinajstić information content (AvgIpc) is 2.47. The van der Waals surface area contributed by atoms with Crippen LogP contribution in [0.1, 0.15) is 24.5 Å². The largest absolute Gasteiger partial charge is 0.257 e. The molecule has 0 heterocycles. The van der Waals surface area contributed by atoms with Gasteiger partial charge in [-0.3, -0.25) is 4.99 Å². The summed E-state index contributed by atoms with van der Waals surface area (Å²) in [6.45, 7) is 11.5. The molecule has 0 saturated heterocycles. The lowest BCUT2D eigenvalue weighted by Crippen LogP contribution is -1.95. The van der Waals surface area contributed by atoms with Crippen molar-refractivity contribution in [3.8, 4) is 0 Å². The maximum Gasteiger partial charge on any atom is 0.0448 e. The minimum atomic E-state index is 0.775. The van der Waals surface area contributed by atoms with Gasteiger partial charge in [-0.05, 0) is 25.5 Å². The maximum absolute atomic E-state index is 4.69. The van der Waals surface area contributed by atoms with Crippen molar-refractivity contribution in [2.75, 3.05) is 0 Å². The van der Waals surface area contributed by atoms with Crippen molar-refractivity contribution in [2.45, 2.75) is 20.3 Å². The second-order valence-electron chi connectivity index (χ2n) is 4.71. The minimum Gasteiger partial charge on any atom is -0.257 e. The SMILES string of the molecule is C=C/C=C\C=C/C/C(=C/C=C)N=C(C)c1ccc(C)cc1. The second kappa shape index (κ2) is 9.49. The summed E-state index contributed by atoms with van der Waals surface area (Å²) in [6.07, 6.45) is 14.2. The summed E-state index contributed by atoms with van der Waals surface area (Å²) in [4.78, 5) is 4.69. The lowest BCUT2D eigenvalue weighted by atomic mass is 10.1. The summed E-state index contributed by atoms with van der Waals surface area (Å²) in [6, 6.07) is 8.40. The van der Waals surface area contributed by atoms with Crippen LogP contribution in [0, 0.1) is 6.92 Å². The van der Waals surface area contributed by atoms with Crippen LogP contribution in [0.2, 0.25) is 0 Å². The molecule has 0 aliphatic carbocycles. The van der Waals surface area contributed by atoms with Crippen LogP contribution in [0.25, 0.3) is 0 Å². The molecule has 1 aromatic rings. The normalized spacial score (nSPS) is 13.0. The smallest absolute Gasteiger partial charge is 0.0448 e. The van der Waals surface area contributed by atoms with E-state index in [1.807, 2.05) is 31.2 Å². The summed E-state index contributed by atoms with van der Waals surface area (Å²) in [7, 11) is 0. The molecule has 21 heavy (non-hydrogen) atoms. The number of hydrogen-bond donors (Lipinski definition) is 0. The first-order valence-electron chi connectivity index (χ1n) is 7.05. The summed E-state index contributed by atoms with van der Waals surface area (Å²) in [5, 5.41) is 0. The van der Waals surface area contributed by atoms with Crippen LogP contribution in [0.3, 0.4) is 0 Å². The molecule has 0 aliphatic heterocycles. The first kappa shape index (κ1) is 16.6. The molecule has 0 fully saturated rings. The fourth-order valence-electron chi connectivity index (χ4n) is 1.77. The summed E-state index contributed by atoms with van der Waals surface area (Å²) < 4.78 is 0. The van der Waals surface area contributed by atoms with Gasteiger partial charge in [0.1, 0.15) is 0 Å². The zero-order valence-electron chi connectivity index (χ0n) is 12.9. The highest BCUT2D eigenvalue weighted by Gasteiger charge is 1.98. The molecule has 108 valence electrons. The van der Waals surface area contributed by atoms with E-state index in [1.165, 1.54) is 5.56 Å². The van der Waals surface area contributed by atoms with Crippen LogP contribution < -0.4 is 0 Å². The third-order valence-electron chi connectivity index (χ3n) is 2.91. The Kier molecular flexibility index (Phi) is 7.52. The van der Waals surface area contributed by atoms with E-state index in [0.717, 1.165) is 23.4 Å².